The van der Waals surface area contributed by atoms with E-state index in [-0.39, 0.29) is 24.0 Å². The van der Waals surface area contributed by atoms with Gasteiger partial charge < -0.3 is 9.64 Å². The average Bonchev–Trinajstić information content (AvgIpc) is 2.74. The van der Waals surface area contributed by atoms with Crippen molar-refractivity contribution in [3.05, 3.63) is 65.5 Å². The molecule has 0 saturated carbocycles. The second-order valence-electron chi connectivity index (χ2n) is 6.90. The molecule has 0 unspecified atom stereocenters. The lowest BCUT2D eigenvalue weighted by atomic mass is 10.1. The summed E-state index contributed by atoms with van der Waals surface area (Å²) in [5.74, 6) is 0.815. The third kappa shape index (κ3) is 4.03. The number of hydrogen-bond donors (Lipinski definition) is 0. The summed E-state index contributed by atoms with van der Waals surface area (Å²) in [7, 11) is 0. The molecule has 0 bridgehead atoms. The van der Waals surface area contributed by atoms with Gasteiger partial charge in [-0.05, 0) is 24.3 Å². The number of piperidine rings is 1. The Morgan fingerprint density at radius 3 is 2.75 bits per heavy atom. The molecule has 0 spiro atoms. The van der Waals surface area contributed by atoms with Gasteiger partial charge in [-0.3, -0.25) is 19.1 Å². The predicted molar refractivity (Wildman–Crippen MR) is 105 cm³/mol. The van der Waals surface area contributed by atoms with E-state index in [4.69, 9.17) is 4.74 Å². The molecule has 1 fully saturated rings. The van der Waals surface area contributed by atoms with Gasteiger partial charge >= 0.3 is 0 Å². The van der Waals surface area contributed by atoms with Crippen molar-refractivity contribution in [1.29, 1.82) is 0 Å². The van der Waals surface area contributed by atoms with Crippen molar-refractivity contribution in [3.8, 4) is 5.75 Å². The molecule has 0 aliphatic carbocycles. The molecule has 7 nitrogen and oxygen atoms in total. The standard InChI is InChI=1S/C21H22N4O3/c26-20(9-13-25-15-23-19-6-2-1-5-18(19)21(25)27)24-11-7-16(8-12-24)28-17-4-3-10-22-14-17/h1-6,10,14-16H,7-9,11-13H2. The average molecular weight is 378 g/mol. The molecular weight excluding hydrogens is 356 g/mol. The van der Waals surface area contributed by atoms with Gasteiger partial charge in [0, 0.05) is 45.1 Å². The molecule has 1 aliphatic rings. The fourth-order valence-corrected chi connectivity index (χ4v) is 3.47. The van der Waals surface area contributed by atoms with Crippen molar-refractivity contribution in [1.82, 2.24) is 19.4 Å². The number of pyridine rings is 1. The fourth-order valence-electron chi connectivity index (χ4n) is 3.47. The van der Waals surface area contributed by atoms with Gasteiger partial charge in [-0.25, -0.2) is 4.98 Å². The molecule has 28 heavy (non-hydrogen) atoms. The quantitative estimate of drug-likeness (QED) is 0.681. The maximum atomic E-state index is 12.6. The number of para-hydroxylation sites is 1. The van der Waals surface area contributed by atoms with E-state index in [0.29, 0.717) is 30.5 Å². The number of amides is 1. The fraction of sp³-hybridized carbons (Fsp3) is 0.333. The summed E-state index contributed by atoms with van der Waals surface area (Å²) in [6.07, 6.45) is 6.90. The summed E-state index contributed by atoms with van der Waals surface area (Å²) in [6, 6.07) is 11.0. The van der Waals surface area contributed by atoms with Crippen LogP contribution in [0.1, 0.15) is 19.3 Å². The summed E-state index contributed by atoms with van der Waals surface area (Å²) in [6.45, 7) is 1.66. The molecule has 0 radical (unpaired) electrons. The number of fused-ring (bicyclic) bond motifs is 1. The molecular formula is C21H22N4O3. The summed E-state index contributed by atoms with van der Waals surface area (Å²) < 4.78 is 7.43. The molecule has 0 N–H and O–H groups in total. The number of nitrogens with zero attached hydrogens (tertiary/aromatic N) is 4. The molecule has 7 heteroatoms. The van der Waals surface area contributed by atoms with Crippen molar-refractivity contribution in [2.24, 2.45) is 0 Å². The Labute approximate surface area is 162 Å². The number of rotatable bonds is 5. The summed E-state index contributed by atoms with van der Waals surface area (Å²) in [5.41, 5.74) is 0.563. The normalized spacial score (nSPS) is 14.9. The highest BCUT2D eigenvalue weighted by Crippen LogP contribution is 2.18. The number of ether oxygens (including phenoxy) is 1. The Balaban J connectivity index is 1.30. The third-order valence-corrected chi connectivity index (χ3v) is 5.03. The SMILES string of the molecule is O=C(CCn1cnc2ccccc2c1=O)N1CCC(Oc2cccnc2)CC1. The van der Waals surface area contributed by atoms with Crippen LogP contribution in [0.5, 0.6) is 5.75 Å². The lowest BCUT2D eigenvalue weighted by molar-refractivity contribution is -0.133. The van der Waals surface area contributed by atoms with Crippen LogP contribution in [-0.4, -0.2) is 44.5 Å². The van der Waals surface area contributed by atoms with Gasteiger partial charge in [0.25, 0.3) is 5.56 Å². The zero-order valence-corrected chi connectivity index (χ0v) is 15.5. The predicted octanol–water partition coefficient (Wildman–Crippen LogP) is 2.25. The van der Waals surface area contributed by atoms with Crippen LogP contribution in [0.15, 0.2) is 59.9 Å². The summed E-state index contributed by atoms with van der Waals surface area (Å²) in [4.78, 5) is 35.3. The zero-order valence-electron chi connectivity index (χ0n) is 15.5. The highest BCUT2D eigenvalue weighted by molar-refractivity contribution is 5.77. The molecule has 144 valence electrons. The zero-order chi connectivity index (χ0) is 19.3. The number of hydrogen-bond acceptors (Lipinski definition) is 5. The second kappa shape index (κ2) is 8.21. The van der Waals surface area contributed by atoms with Gasteiger partial charge in [-0.15, -0.1) is 0 Å². The Kier molecular flexibility index (Phi) is 5.32. The Morgan fingerprint density at radius 2 is 1.96 bits per heavy atom. The molecule has 4 rings (SSSR count). The first-order valence-electron chi connectivity index (χ1n) is 9.49. The van der Waals surface area contributed by atoms with E-state index in [9.17, 15) is 9.59 Å². The minimum atomic E-state index is -0.109. The molecule has 3 heterocycles. The number of carbonyl (C=O) groups excluding carboxylic acids is 1. The van der Waals surface area contributed by atoms with Crippen LogP contribution >= 0.6 is 0 Å². The maximum Gasteiger partial charge on any atom is 0.261 e. The van der Waals surface area contributed by atoms with Gasteiger partial charge in [0.1, 0.15) is 11.9 Å². The Bertz CT molecular complexity index is 1010. The van der Waals surface area contributed by atoms with E-state index in [2.05, 4.69) is 9.97 Å². The minimum absolute atomic E-state index is 0.0555. The van der Waals surface area contributed by atoms with Gasteiger partial charge in [-0.1, -0.05) is 12.1 Å². The first-order valence-corrected chi connectivity index (χ1v) is 9.49. The highest BCUT2D eigenvalue weighted by Gasteiger charge is 2.23. The lowest BCUT2D eigenvalue weighted by Crippen LogP contribution is -2.42. The minimum Gasteiger partial charge on any atom is -0.489 e. The van der Waals surface area contributed by atoms with E-state index in [1.165, 1.54) is 10.9 Å². The topological polar surface area (TPSA) is 77.3 Å². The van der Waals surface area contributed by atoms with Crippen molar-refractivity contribution >= 4 is 16.8 Å². The van der Waals surface area contributed by atoms with Crippen molar-refractivity contribution in [3.63, 3.8) is 0 Å². The largest absolute Gasteiger partial charge is 0.489 e. The molecule has 2 aromatic heterocycles. The molecule has 1 aliphatic heterocycles. The van der Waals surface area contributed by atoms with Crippen LogP contribution in [0.25, 0.3) is 10.9 Å². The first-order chi connectivity index (χ1) is 13.7. The number of likely N-dealkylation sites (tertiary alicyclic amines) is 1. The van der Waals surface area contributed by atoms with E-state index in [0.717, 1.165) is 18.6 Å². The van der Waals surface area contributed by atoms with Crippen molar-refractivity contribution < 1.29 is 9.53 Å². The van der Waals surface area contributed by atoms with Crippen LogP contribution in [0.2, 0.25) is 0 Å². The molecule has 1 amide bonds. The summed E-state index contributed by atoms with van der Waals surface area (Å²) in [5, 5.41) is 0.575. The highest BCUT2D eigenvalue weighted by atomic mass is 16.5. The number of benzene rings is 1. The Morgan fingerprint density at radius 1 is 1.14 bits per heavy atom. The van der Waals surface area contributed by atoms with Crippen molar-refractivity contribution in [2.45, 2.75) is 31.9 Å². The van der Waals surface area contributed by atoms with E-state index in [1.54, 1.807) is 18.5 Å². The van der Waals surface area contributed by atoms with Crippen LogP contribution in [-0.2, 0) is 11.3 Å². The Hall–Kier alpha value is -3.22. The molecule has 0 atom stereocenters. The lowest BCUT2D eigenvalue weighted by Gasteiger charge is -2.32. The number of carbonyl (C=O) groups is 1. The van der Waals surface area contributed by atoms with Crippen LogP contribution in [0.3, 0.4) is 0 Å². The second-order valence-corrected chi connectivity index (χ2v) is 6.90. The van der Waals surface area contributed by atoms with Crippen LogP contribution in [0, 0.1) is 0 Å². The van der Waals surface area contributed by atoms with Gasteiger partial charge in [0.2, 0.25) is 5.91 Å². The monoisotopic (exact) mass is 378 g/mol. The van der Waals surface area contributed by atoms with Gasteiger partial charge in [0.15, 0.2) is 0 Å². The smallest absolute Gasteiger partial charge is 0.261 e. The number of aromatic nitrogens is 3. The third-order valence-electron chi connectivity index (χ3n) is 5.03. The van der Waals surface area contributed by atoms with Gasteiger partial charge in [0.05, 0.1) is 23.4 Å². The maximum absolute atomic E-state index is 12.6. The number of aryl methyl sites for hydroxylation is 1. The molecule has 1 saturated heterocycles. The van der Waals surface area contributed by atoms with E-state index < -0.39 is 0 Å². The van der Waals surface area contributed by atoms with Gasteiger partial charge in [-0.2, -0.15) is 0 Å². The molecule has 3 aromatic rings. The summed E-state index contributed by atoms with van der Waals surface area (Å²) >= 11 is 0. The van der Waals surface area contributed by atoms with Crippen molar-refractivity contribution in [2.75, 3.05) is 13.1 Å². The van der Waals surface area contributed by atoms with Crippen LogP contribution < -0.4 is 10.3 Å². The van der Waals surface area contributed by atoms with E-state index in [1.807, 2.05) is 35.2 Å². The van der Waals surface area contributed by atoms with E-state index >= 15 is 0 Å². The molecule has 1 aromatic carbocycles. The van der Waals surface area contributed by atoms with Crippen LogP contribution in [0.4, 0.5) is 0 Å². The first kappa shape index (κ1) is 18.2.